The number of carbonyl (C=O) groups is 1. The monoisotopic (exact) mass is 201 g/mol. The lowest BCUT2D eigenvalue weighted by Gasteiger charge is -1.94. The molecule has 1 N–H and O–H groups in total. The second kappa shape index (κ2) is 10.1. The van der Waals surface area contributed by atoms with Crippen molar-refractivity contribution in [2.24, 2.45) is 5.92 Å². The summed E-state index contributed by atoms with van der Waals surface area (Å²) < 4.78 is 4.76. The van der Waals surface area contributed by atoms with Crippen LogP contribution in [0.5, 0.6) is 0 Å². The van der Waals surface area contributed by atoms with Crippen LogP contribution in [-0.2, 0) is 9.53 Å². The number of amides is 1. The van der Waals surface area contributed by atoms with Crippen molar-refractivity contribution in [2.75, 3.05) is 13.7 Å². The minimum absolute atomic E-state index is 0.0677. The molecule has 0 spiro atoms. The SMILES string of the molecule is CC.CC(C)C.COC1=CC(=O)NC1. The van der Waals surface area contributed by atoms with E-state index in [1.165, 1.54) is 6.08 Å². The molecule has 3 nitrogen and oxygen atoms in total. The molecule has 84 valence electrons. The summed E-state index contributed by atoms with van der Waals surface area (Å²) in [4.78, 5) is 10.3. The van der Waals surface area contributed by atoms with Gasteiger partial charge in [-0.1, -0.05) is 34.6 Å². The first-order chi connectivity index (χ1) is 6.56. The van der Waals surface area contributed by atoms with Crippen LogP contribution in [-0.4, -0.2) is 19.6 Å². The van der Waals surface area contributed by atoms with E-state index in [2.05, 4.69) is 26.1 Å². The van der Waals surface area contributed by atoms with Crippen LogP contribution < -0.4 is 5.32 Å². The molecule has 14 heavy (non-hydrogen) atoms. The molecule has 0 aromatic carbocycles. The van der Waals surface area contributed by atoms with E-state index in [9.17, 15) is 4.79 Å². The summed E-state index contributed by atoms with van der Waals surface area (Å²) in [6.45, 7) is 11.0. The molecule has 0 bridgehead atoms. The second-order valence-corrected chi connectivity index (χ2v) is 3.26. The molecule has 0 aliphatic carbocycles. The van der Waals surface area contributed by atoms with Gasteiger partial charge in [-0.05, 0) is 5.92 Å². The minimum Gasteiger partial charge on any atom is -0.499 e. The normalized spacial score (nSPS) is 13.1. The summed E-state index contributed by atoms with van der Waals surface area (Å²) in [5.74, 6) is 1.47. The number of nitrogens with one attached hydrogen (secondary N) is 1. The average molecular weight is 201 g/mol. The maximum Gasteiger partial charge on any atom is 0.247 e. The topological polar surface area (TPSA) is 38.3 Å². The molecule has 0 radical (unpaired) electrons. The number of rotatable bonds is 1. The first-order valence-corrected chi connectivity index (χ1v) is 5.08. The third kappa shape index (κ3) is 11.0. The van der Waals surface area contributed by atoms with Gasteiger partial charge < -0.3 is 10.1 Å². The van der Waals surface area contributed by atoms with Gasteiger partial charge in [0.25, 0.3) is 0 Å². The lowest BCUT2D eigenvalue weighted by molar-refractivity contribution is -0.115. The molecular weight excluding hydrogens is 178 g/mol. The Bertz CT molecular complexity index is 171. The van der Waals surface area contributed by atoms with Gasteiger partial charge in [-0.3, -0.25) is 4.79 Å². The third-order valence-electron chi connectivity index (χ3n) is 0.991. The standard InChI is InChI=1S/C5H7NO2.C4H10.C2H6/c1-8-4-2-5(7)6-3-4;1-4(2)3;1-2/h2H,3H2,1H3,(H,6,7);4H,1-3H3;1-2H3. The zero-order valence-electron chi connectivity index (χ0n) is 10.2. The average Bonchev–Trinajstić information content (AvgIpc) is 2.54. The molecular formula is C11H23NO2. The summed E-state index contributed by atoms with van der Waals surface area (Å²) in [7, 11) is 1.55. The van der Waals surface area contributed by atoms with Crippen molar-refractivity contribution in [3.05, 3.63) is 11.8 Å². The molecule has 1 aliphatic heterocycles. The maximum atomic E-state index is 10.3. The summed E-state index contributed by atoms with van der Waals surface area (Å²) in [6, 6.07) is 0. The Hall–Kier alpha value is -0.990. The van der Waals surface area contributed by atoms with Crippen LogP contribution in [0, 0.1) is 5.92 Å². The van der Waals surface area contributed by atoms with Crippen molar-refractivity contribution in [3.8, 4) is 0 Å². The molecule has 0 atom stereocenters. The quantitative estimate of drug-likeness (QED) is 0.707. The molecule has 1 amide bonds. The predicted octanol–water partition coefficient (Wildman–Crippen LogP) is 2.33. The van der Waals surface area contributed by atoms with Crippen molar-refractivity contribution >= 4 is 5.91 Å². The third-order valence-corrected chi connectivity index (χ3v) is 0.991. The highest BCUT2D eigenvalue weighted by molar-refractivity contribution is 5.90. The molecule has 3 heteroatoms. The predicted molar refractivity (Wildman–Crippen MR) is 60.0 cm³/mol. The lowest BCUT2D eigenvalue weighted by Crippen LogP contribution is -2.15. The molecule has 1 rings (SSSR count). The fraction of sp³-hybridized carbons (Fsp3) is 0.727. The molecule has 0 fully saturated rings. The van der Waals surface area contributed by atoms with Crippen LogP contribution in [0.25, 0.3) is 0 Å². The van der Waals surface area contributed by atoms with Crippen molar-refractivity contribution < 1.29 is 9.53 Å². The van der Waals surface area contributed by atoms with E-state index in [0.717, 1.165) is 5.92 Å². The van der Waals surface area contributed by atoms with Crippen LogP contribution in [0.15, 0.2) is 11.8 Å². The van der Waals surface area contributed by atoms with Gasteiger partial charge in [0.15, 0.2) is 0 Å². The van der Waals surface area contributed by atoms with Crippen LogP contribution in [0.3, 0.4) is 0 Å². The zero-order chi connectivity index (χ0) is 11.6. The summed E-state index contributed by atoms with van der Waals surface area (Å²) in [5, 5.41) is 2.56. The number of ether oxygens (including phenoxy) is 1. The smallest absolute Gasteiger partial charge is 0.247 e. The Labute approximate surface area is 87.5 Å². The number of carbonyl (C=O) groups excluding carboxylic acids is 1. The fourth-order valence-corrected chi connectivity index (χ4v) is 0.554. The maximum absolute atomic E-state index is 10.3. The molecule has 0 aromatic rings. The Balaban J connectivity index is 0. The van der Waals surface area contributed by atoms with Crippen molar-refractivity contribution in [3.63, 3.8) is 0 Å². The van der Waals surface area contributed by atoms with Gasteiger partial charge in [0.2, 0.25) is 5.91 Å². The Morgan fingerprint density at radius 3 is 1.93 bits per heavy atom. The summed E-state index contributed by atoms with van der Waals surface area (Å²) >= 11 is 0. The Kier molecular flexibility index (Phi) is 11.2. The van der Waals surface area contributed by atoms with E-state index in [1.807, 2.05) is 13.8 Å². The number of hydrogen-bond donors (Lipinski definition) is 1. The highest BCUT2D eigenvalue weighted by Gasteiger charge is 2.08. The van der Waals surface area contributed by atoms with Crippen LogP contribution >= 0.6 is 0 Å². The lowest BCUT2D eigenvalue weighted by atomic mass is 10.3. The van der Waals surface area contributed by atoms with E-state index in [0.29, 0.717) is 12.3 Å². The Morgan fingerprint density at radius 1 is 1.36 bits per heavy atom. The second-order valence-electron chi connectivity index (χ2n) is 3.26. The molecule has 0 unspecified atom stereocenters. The first kappa shape index (κ1) is 15.5. The first-order valence-electron chi connectivity index (χ1n) is 5.08. The molecule has 0 saturated carbocycles. The van der Waals surface area contributed by atoms with Crippen LogP contribution in [0.4, 0.5) is 0 Å². The fourth-order valence-electron chi connectivity index (χ4n) is 0.554. The summed E-state index contributed by atoms with van der Waals surface area (Å²) in [6.07, 6.45) is 1.44. The van der Waals surface area contributed by atoms with Gasteiger partial charge in [0.1, 0.15) is 5.76 Å². The van der Waals surface area contributed by atoms with Gasteiger partial charge in [0, 0.05) is 6.08 Å². The van der Waals surface area contributed by atoms with Crippen LogP contribution in [0.1, 0.15) is 34.6 Å². The minimum atomic E-state index is -0.0677. The highest BCUT2D eigenvalue weighted by Crippen LogP contribution is 1.97. The van der Waals surface area contributed by atoms with Gasteiger partial charge in [-0.2, -0.15) is 0 Å². The van der Waals surface area contributed by atoms with Gasteiger partial charge >= 0.3 is 0 Å². The molecule has 0 aromatic heterocycles. The van der Waals surface area contributed by atoms with E-state index >= 15 is 0 Å². The molecule has 1 heterocycles. The molecule has 0 saturated heterocycles. The van der Waals surface area contributed by atoms with Crippen molar-refractivity contribution in [1.29, 1.82) is 0 Å². The number of methoxy groups -OCH3 is 1. The largest absolute Gasteiger partial charge is 0.499 e. The van der Waals surface area contributed by atoms with E-state index in [1.54, 1.807) is 7.11 Å². The van der Waals surface area contributed by atoms with Crippen LogP contribution in [0.2, 0.25) is 0 Å². The highest BCUT2D eigenvalue weighted by atomic mass is 16.5. The van der Waals surface area contributed by atoms with E-state index in [4.69, 9.17) is 4.74 Å². The zero-order valence-corrected chi connectivity index (χ0v) is 10.2. The van der Waals surface area contributed by atoms with E-state index in [-0.39, 0.29) is 5.91 Å². The Morgan fingerprint density at radius 2 is 1.79 bits per heavy atom. The van der Waals surface area contributed by atoms with Gasteiger partial charge in [-0.25, -0.2) is 0 Å². The van der Waals surface area contributed by atoms with Crippen molar-refractivity contribution in [1.82, 2.24) is 5.32 Å². The van der Waals surface area contributed by atoms with Gasteiger partial charge in [-0.15, -0.1) is 0 Å². The summed E-state index contributed by atoms with van der Waals surface area (Å²) in [5.41, 5.74) is 0. The molecule has 1 aliphatic rings. The van der Waals surface area contributed by atoms with E-state index < -0.39 is 0 Å². The van der Waals surface area contributed by atoms with Crippen molar-refractivity contribution in [2.45, 2.75) is 34.6 Å². The number of hydrogen-bond acceptors (Lipinski definition) is 2. The van der Waals surface area contributed by atoms with Gasteiger partial charge in [0.05, 0.1) is 13.7 Å².